The number of fused-ring (bicyclic) bond motifs is 1. The molecular formula is C9H12N2S. The van der Waals surface area contributed by atoms with Gasteiger partial charge in [-0.25, -0.2) is 0 Å². The maximum Gasteiger partial charge on any atom is 0.155 e. The molecule has 0 aromatic heterocycles. The molecule has 0 unspecified atom stereocenters. The molecule has 2 N–H and O–H groups in total. The molecule has 0 saturated heterocycles. The molecule has 64 valence electrons. The van der Waals surface area contributed by atoms with Crippen LogP contribution in [0.3, 0.4) is 0 Å². The van der Waals surface area contributed by atoms with E-state index in [1.165, 1.54) is 11.1 Å². The van der Waals surface area contributed by atoms with Gasteiger partial charge in [-0.2, -0.15) is 0 Å². The lowest BCUT2D eigenvalue weighted by Crippen LogP contribution is -2.20. The van der Waals surface area contributed by atoms with Crippen LogP contribution >= 0.6 is 11.8 Å². The second-order valence-electron chi connectivity index (χ2n) is 3.22. The predicted octanol–water partition coefficient (Wildman–Crippen LogP) is 1.69. The summed E-state index contributed by atoms with van der Waals surface area (Å²) in [6.07, 6.45) is 4.36. The summed E-state index contributed by atoms with van der Waals surface area (Å²) in [7, 11) is 0. The van der Waals surface area contributed by atoms with E-state index in [0.29, 0.717) is 11.3 Å². The van der Waals surface area contributed by atoms with Crippen LogP contribution in [0.25, 0.3) is 0 Å². The Morgan fingerprint density at radius 1 is 1.50 bits per heavy atom. The number of nitrogens with zero attached hydrogens (tertiary/aromatic N) is 1. The third-order valence-corrected chi connectivity index (χ3v) is 3.47. The smallest absolute Gasteiger partial charge is 0.155 e. The van der Waals surface area contributed by atoms with Gasteiger partial charge in [-0.1, -0.05) is 29.5 Å². The van der Waals surface area contributed by atoms with Crippen LogP contribution in [0.1, 0.15) is 13.8 Å². The van der Waals surface area contributed by atoms with Gasteiger partial charge in [-0.05, 0) is 19.4 Å². The minimum atomic E-state index is 0.306. The van der Waals surface area contributed by atoms with Gasteiger partial charge in [-0.15, -0.1) is 0 Å². The normalized spacial score (nSPS) is 33.7. The van der Waals surface area contributed by atoms with Gasteiger partial charge >= 0.3 is 0 Å². The standard InChI is InChI=1S/C9H12N2S/c1-5-3-4-7-8(6(5)2)11-9(10)12-7/h3-4,7-8H,1-2H3,(H2,10,11)/t7-,8+/m0/s1. The van der Waals surface area contributed by atoms with Gasteiger partial charge in [-0.3, -0.25) is 4.99 Å². The Labute approximate surface area is 76.6 Å². The lowest BCUT2D eigenvalue weighted by Gasteiger charge is -2.19. The molecule has 0 aromatic rings. The van der Waals surface area contributed by atoms with E-state index >= 15 is 0 Å². The summed E-state index contributed by atoms with van der Waals surface area (Å²) in [5, 5.41) is 1.18. The summed E-state index contributed by atoms with van der Waals surface area (Å²) in [6, 6.07) is 0.306. The van der Waals surface area contributed by atoms with Crippen LogP contribution in [-0.4, -0.2) is 16.5 Å². The molecule has 1 aliphatic heterocycles. The summed E-state index contributed by atoms with van der Waals surface area (Å²) >= 11 is 1.66. The third kappa shape index (κ3) is 1.08. The number of nitrogens with two attached hydrogens (primary N) is 1. The van der Waals surface area contributed by atoms with Gasteiger partial charge in [0.1, 0.15) is 0 Å². The van der Waals surface area contributed by atoms with Gasteiger partial charge in [0, 0.05) is 0 Å². The van der Waals surface area contributed by atoms with Gasteiger partial charge in [0.25, 0.3) is 0 Å². The zero-order chi connectivity index (χ0) is 8.72. The Bertz CT molecular complexity index is 302. The summed E-state index contributed by atoms with van der Waals surface area (Å²) in [5.74, 6) is 0. The average molecular weight is 180 g/mol. The van der Waals surface area contributed by atoms with Crippen LogP contribution < -0.4 is 5.73 Å². The van der Waals surface area contributed by atoms with Crippen molar-refractivity contribution in [3.63, 3.8) is 0 Å². The van der Waals surface area contributed by atoms with Crippen molar-refractivity contribution in [3.05, 3.63) is 23.3 Å². The highest BCUT2D eigenvalue weighted by Gasteiger charge is 2.30. The fourth-order valence-electron chi connectivity index (χ4n) is 1.54. The Balaban J connectivity index is 2.36. The Morgan fingerprint density at radius 2 is 2.25 bits per heavy atom. The lowest BCUT2D eigenvalue weighted by atomic mass is 9.95. The number of amidine groups is 1. The molecule has 0 radical (unpaired) electrons. The quantitative estimate of drug-likeness (QED) is 0.616. The van der Waals surface area contributed by atoms with E-state index in [1.54, 1.807) is 11.8 Å². The highest BCUT2D eigenvalue weighted by Crippen LogP contribution is 2.34. The van der Waals surface area contributed by atoms with Crippen molar-refractivity contribution in [2.75, 3.05) is 0 Å². The van der Waals surface area contributed by atoms with Crippen LogP contribution in [0.2, 0.25) is 0 Å². The minimum Gasteiger partial charge on any atom is -0.379 e. The predicted molar refractivity (Wildman–Crippen MR) is 54.3 cm³/mol. The zero-order valence-electron chi connectivity index (χ0n) is 7.24. The van der Waals surface area contributed by atoms with E-state index in [-0.39, 0.29) is 0 Å². The number of aliphatic imine (C=N–C) groups is 1. The molecule has 2 nitrogen and oxygen atoms in total. The molecule has 0 saturated carbocycles. The van der Waals surface area contributed by atoms with E-state index in [0.717, 1.165) is 5.17 Å². The highest BCUT2D eigenvalue weighted by molar-refractivity contribution is 8.14. The van der Waals surface area contributed by atoms with E-state index in [4.69, 9.17) is 5.73 Å². The van der Waals surface area contributed by atoms with Crippen molar-refractivity contribution in [2.24, 2.45) is 10.7 Å². The molecule has 0 spiro atoms. The monoisotopic (exact) mass is 180 g/mol. The van der Waals surface area contributed by atoms with Crippen LogP contribution in [0.4, 0.5) is 0 Å². The average Bonchev–Trinajstić information content (AvgIpc) is 2.39. The van der Waals surface area contributed by atoms with Crippen LogP contribution in [-0.2, 0) is 0 Å². The first-order valence-corrected chi connectivity index (χ1v) is 4.92. The van der Waals surface area contributed by atoms with Crippen molar-refractivity contribution in [1.29, 1.82) is 0 Å². The fraction of sp³-hybridized carbons (Fsp3) is 0.444. The summed E-state index contributed by atoms with van der Waals surface area (Å²) in [5.41, 5.74) is 8.34. The molecule has 2 rings (SSSR count). The van der Waals surface area contributed by atoms with Crippen LogP contribution in [0.5, 0.6) is 0 Å². The van der Waals surface area contributed by atoms with Crippen LogP contribution in [0, 0.1) is 0 Å². The van der Waals surface area contributed by atoms with Crippen molar-refractivity contribution >= 4 is 16.9 Å². The topological polar surface area (TPSA) is 38.4 Å². The van der Waals surface area contributed by atoms with E-state index < -0.39 is 0 Å². The second kappa shape index (κ2) is 2.66. The number of hydrogen-bond acceptors (Lipinski definition) is 3. The number of thioether (sulfide) groups is 1. The first-order chi connectivity index (χ1) is 5.68. The van der Waals surface area contributed by atoms with Crippen molar-refractivity contribution in [1.82, 2.24) is 0 Å². The van der Waals surface area contributed by atoms with E-state index in [1.807, 2.05) is 0 Å². The van der Waals surface area contributed by atoms with E-state index in [9.17, 15) is 0 Å². The van der Waals surface area contributed by atoms with Crippen molar-refractivity contribution in [2.45, 2.75) is 25.1 Å². The zero-order valence-corrected chi connectivity index (χ0v) is 8.06. The molecule has 1 heterocycles. The van der Waals surface area contributed by atoms with Gasteiger partial charge < -0.3 is 5.73 Å². The third-order valence-electron chi connectivity index (χ3n) is 2.44. The SMILES string of the molecule is CC1=C(C)[C@H]2N=C(N)S[C@H]2C=C1. The van der Waals surface area contributed by atoms with Crippen molar-refractivity contribution in [3.8, 4) is 0 Å². The number of hydrogen-bond donors (Lipinski definition) is 1. The molecule has 0 aromatic carbocycles. The molecule has 12 heavy (non-hydrogen) atoms. The van der Waals surface area contributed by atoms with Crippen LogP contribution in [0.15, 0.2) is 28.3 Å². The highest BCUT2D eigenvalue weighted by atomic mass is 32.2. The summed E-state index contributed by atoms with van der Waals surface area (Å²) < 4.78 is 0. The summed E-state index contributed by atoms with van der Waals surface area (Å²) in [4.78, 5) is 4.39. The lowest BCUT2D eigenvalue weighted by molar-refractivity contribution is 0.794. The molecule has 0 amide bonds. The summed E-state index contributed by atoms with van der Waals surface area (Å²) in [6.45, 7) is 4.26. The Kier molecular flexibility index (Phi) is 1.76. The van der Waals surface area contributed by atoms with Gasteiger partial charge in [0.2, 0.25) is 0 Å². The molecule has 0 bridgehead atoms. The maximum absolute atomic E-state index is 5.66. The first-order valence-electron chi connectivity index (χ1n) is 4.04. The molecular weight excluding hydrogens is 168 g/mol. The molecule has 1 aliphatic carbocycles. The molecule has 0 fully saturated rings. The fourth-order valence-corrected chi connectivity index (χ4v) is 2.54. The second-order valence-corrected chi connectivity index (χ2v) is 4.42. The number of rotatable bonds is 0. The molecule has 2 aliphatic rings. The number of allylic oxidation sites excluding steroid dienone is 2. The van der Waals surface area contributed by atoms with Gasteiger partial charge in [0.05, 0.1) is 11.3 Å². The first kappa shape index (κ1) is 7.92. The molecule has 3 heteroatoms. The largest absolute Gasteiger partial charge is 0.379 e. The maximum atomic E-state index is 5.66. The minimum absolute atomic E-state index is 0.306. The molecule has 2 atom stereocenters. The van der Waals surface area contributed by atoms with E-state index in [2.05, 4.69) is 31.0 Å². The van der Waals surface area contributed by atoms with Crippen molar-refractivity contribution < 1.29 is 0 Å². The Morgan fingerprint density at radius 3 is 3.00 bits per heavy atom. The van der Waals surface area contributed by atoms with Gasteiger partial charge in [0.15, 0.2) is 5.17 Å². The Hall–Kier alpha value is -0.700.